The molecule has 16 heavy (non-hydrogen) atoms. The van der Waals surface area contributed by atoms with Crippen molar-refractivity contribution in [1.29, 1.82) is 0 Å². The number of hydrogen-bond donors (Lipinski definition) is 0. The first-order chi connectivity index (χ1) is 7.75. The summed E-state index contributed by atoms with van der Waals surface area (Å²) in [7, 11) is 0. The molecule has 0 amide bonds. The maximum atomic E-state index is 11.0. The summed E-state index contributed by atoms with van der Waals surface area (Å²) in [6.45, 7) is 1.65. The normalized spacial score (nSPS) is 17.3. The molecule has 0 radical (unpaired) electrons. The molecule has 1 aliphatic carbocycles. The predicted molar refractivity (Wildman–Crippen MR) is 66.7 cm³/mol. The molecule has 0 N–H and O–H groups in total. The molecule has 0 atom stereocenters. The standard InChI is InChI=1S/C15H20O/c1-12(16)11-13-7-9-15(10-8-13)14-5-3-2-4-6-14/h7-10,14H,2-6,11H2,1H3. The van der Waals surface area contributed by atoms with E-state index in [1.807, 2.05) is 0 Å². The van der Waals surface area contributed by atoms with Crippen molar-refractivity contribution in [2.75, 3.05) is 0 Å². The van der Waals surface area contributed by atoms with E-state index in [-0.39, 0.29) is 5.78 Å². The molecular formula is C15H20O. The van der Waals surface area contributed by atoms with Crippen LogP contribution in [-0.4, -0.2) is 5.78 Å². The van der Waals surface area contributed by atoms with Crippen LogP contribution in [0.2, 0.25) is 0 Å². The summed E-state index contributed by atoms with van der Waals surface area (Å²) in [5.74, 6) is 1.01. The first kappa shape index (κ1) is 11.4. The van der Waals surface area contributed by atoms with E-state index in [1.54, 1.807) is 6.92 Å². The van der Waals surface area contributed by atoms with Gasteiger partial charge in [-0.1, -0.05) is 43.5 Å². The van der Waals surface area contributed by atoms with E-state index in [4.69, 9.17) is 0 Å². The average molecular weight is 216 g/mol. The van der Waals surface area contributed by atoms with Gasteiger partial charge in [-0.2, -0.15) is 0 Å². The molecule has 0 saturated heterocycles. The molecule has 0 heterocycles. The maximum absolute atomic E-state index is 11.0. The second-order valence-electron chi connectivity index (χ2n) is 4.96. The molecule has 0 spiro atoms. The van der Waals surface area contributed by atoms with Crippen LogP contribution in [-0.2, 0) is 11.2 Å². The molecule has 1 aliphatic rings. The Labute approximate surface area is 97.9 Å². The minimum atomic E-state index is 0.241. The van der Waals surface area contributed by atoms with Crippen molar-refractivity contribution in [3.8, 4) is 0 Å². The van der Waals surface area contributed by atoms with Crippen LogP contribution in [0.1, 0.15) is 56.1 Å². The van der Waals surface area contributed by atoms with Crippen LogP contribution >= 0.6 is 0 Å². The summed E-state index contributed by atoms with van der Waals surface area (Å²) >= 11 is 0. The lowest BCUT2D eigenvalue weighted by atomic mass is 9.84. The van der Waals surface area contributed by atoms with E-state index in [2.05, 4.69) is 24.3 Å². The van der Waals surface area contributed by atoms with Gasteiger partial charge in [0.2, 0.25) is 0 Å². The average Bonchev–Trinajstić information content (AvgIpc) is 2.30. The number of benzene rings is 1. The van der Waals surface area contributed by atoms with Crippen molar-refractivity contribution < 1.29 is 4.79 Å². The highest BCUT2D eigenvalue weighted by molar-refractivity contribution is 5.78. The van der Waals surface area contributed by atoms with Crippen LogP contribution in [0.15, 0.2) is 24.3 Å². The second kappa shape index (κ2) is 5.29. The van der Waals surface area contributed by atoms with Gasteiger partial charge in [0, 0.05) is 6.42 Å². The van der Waals surface area contributed by atoms with E-state index < -0.39 is 0 Å². The Morgan fingerprint density at radius 3 is 2.31 bits per heavy atom. The fraction of sp³-hybridized carbons (Fsp3) is 0.533. The molecule has 1 aromatic rings. The van der Waals surface area contributed by atoms with Crippen molar-refractivity contribution in [3.05, 3.63) is 35.4 Å². The third-order valence-corrected chi connectivity index (χ3v) is 3.51. The Morgan fingerprint density at radius 2 is 1.75 bits per heavy atom. The van der Waals surface area contributed by atoms with Crippen molar-refractivity contribution in [3.63, 3.8) is 0 Å². The van der Waals surface area contributed by atoms with Gasteiger partial charge >= 0.3 is 0 Å². The Hall–Kier alpha value is -1.11. The topological polar surface area (TPSA) is 17.1 Å². The summed E-state index contributed by atoms with van der Waals surface area (Å²) in [5.41, 5.74) is 2.61. The summed E-state index contributed by atoms with van der Waals surface area (Å²) < 4.78 is 0. The van der Waals surface area contributed by atoms with Gasteiger partial charge < -0.3 is 0 Å². The Balaban J connectivity index is 2.03. The number of carbonyl (C=O) groups is 1. The van der Waals surface area contributed by atoms with Gasteiger partial charge in [-0.25, -0.2) is 0 Å². The van der Waals surface area contributed by atoms with E-state index in [0.717, 1.165) is 11.5 Å². The Morgan fingerprint density at radius 1 is 1.12 bits per heavy atom. The van der Waals surface area contributed by atoms with Crippen molar-refractivity contribution >= 4 is 5.78 Å². The first-order valence-electron chi connectivity index (χ1n) is 6.34. The minimum Gasteiger partial charge on any atom is -0.300 e. The van der Waals surface area contributed by atoms with E-state index >= 15 is 0 Å². The van der Waals surface area contributed by atoms with Crippen LogP contribution in [0.3, 0.4) is 0 Å². The molecule has 1 nitrogen and oxygen atoms in total. The van der Waals surface area contributed by atoms with E-state index in [1.165, 1.54) is 37.7 Å². The number of carbonyl (C=O) groups excluding carboxylic acids is 1. The third-order valence-electron chi connectivity index (χ3n) is 3.51. The minimum absolute atomic E-state index is 0.241. The Kier molecular flexibility index (Phi) is 3.76. The zero-order chi connectivity index (χ0) is 11.4. The lowest BCUT2D eigenvalue weighted by Crippen LogP contribution is -2.04. The molecule has 1 heteroatoms. The third kappa shape index (κ3) is 2.94. The van der Waals surface area contributed by atoms with Crippen molar-refractivity contribution in [2.24, 2.45) is 0 Å². The molecule has 2 rings (SSSR count). The van der Waals surface area contributed by atoms with Gasteiger partial charge in [0.15, 0.2) is 0 Å². The predicted octanol–water partition coefficient (Wildman–Crippen LogP) is 3.87. The Bertz CT molecular complexity index is 344. The fourth-order valence-corrected chi connectivity index (χ4v) is 2.63. The van der Waals surface area contributed by atoms with E-state index in [9.17, 15) is 4.79 Å². The monoisotopic (exact) mass is 216 g/mol. The van der Waals surface area contributed by atoms with Gasteiger partial charge in [0.25, 0.3) is 0 Å². The summed E-state index contributed by atoms with van der Waals surface area (Å²) in [6, 6.07) is 8.67. The summed E-state index contributed by atoms with van der Waals surface area (Å²) in [4.78, 5) is 11.0. The molecular weight excluding hydrogens is 196 g/mol. The molecule has 1 fully saturated rings. The highest BCUT2D eigenvalue weighted by atomic mass is 16.1. The van der Waals surface area contributed by atoms with Crippen LogP contribution in [0.5, 0.6) is 0 Å². The van der Waals surface area contributed by atoms with Crippen LogP contribution in [0, 0.1) is 0 Å². The molecule has 1 aromatic carbocycles. The van der Waals surface area contributed by atoms with Crippen LogP contribution in [0.25, 0.3) is 0 Å². The largest absolute Gasteiger partial charge is 0.300 e. The fourth-order valence-electron chi connectivity index (χ4n) is 2.63. The van der Waals surface area contributed by atoms with Crippen molar-refractivity contribution in [1.82, 2.24) is 0 Å². The zero-order valence-electron chi connectivity index (χ0n) is 10.0. The summed E-state index contributed by atoms with van der Waals surface area (Å²) in [5, 5.41) is 0. The second-order valence-corrected chi connectivity index (χ2v) is 4.96. The molecule has 0 aromatic heterocycles. The molecule has 1 saturated carbocycles. The van der Waals surface area contributed by atoms with Gasteiger partial charge in [-0.05, 0) is 36.8 Å². The number of hydrogen-bond acceptors (Lipinski definition) is 1. The van der Waals surface area contributed by atoms with Gasteiger partial charge in [-0.3, -0.25) is 4.79 Å². The lowest BCUT2D eigenvalue weighted by molar-refractivity contribution is -0.116. The van der Waals surface area contributed by atoms with Gasteiger partial charge in [0.05, 0.1) is 0 Å². The molecule has 0 aliphatic heterocycles. The summed E-state index contributed by atoms with van der Waals surface area (Å²) in [6.07, 6.45) is 7.40. The number of rotatable bonds is 3. The number of Topliss-reactive ketones (excluding diaryl/α,β-unsaturated/α-hetero) is 1. The van der Waals surface area contributed by atoms with Gasteiger partial charge in [0.1, 0.15) is 5.78 Å². The maximum Gasteiger partial charge on any atom is 0.134 e. The quantitative estimate of drug-likeness (QED) is 0.749. The van der Waals surface area contributed by atoms with Crippen LogP contribution in [0.4, 0.5) is 0 Å². The lowest BCUT2D eigenvalue weighted by Gasteiger charge is -2.22. The highest BCUT2D eigenvalue weighted by Crippen LogP contribution is 2.32. The van der Waals surface area contributed by atoms with Crippen LogP contribution < -0.4 is 0 Å². The van der Waals surface area contributed by atoms with Crippen molar-refractivity contribution in [2.45, 2.75) is 51.4 Å². The molecule has 0 unspecified atom stereocenters. The number of ketones is 1. The highest BCUT2D eigenvalue weighted by Gasteiger charge is 2.14. The first-order valence-corrected chi connectivity index (χ1v) is 6.34. The van der Waals surface area contributed by atoms with Gasteiger partial charge in [-0.15, -0.1) is 0 Å². The molecule has 86 valence electrons. The smallest absolute Gasteiger partial charge is 0.134 e. The van der Waals surface area contributed by atoms with E-state index in [0.29, 0.717) is 6.42 Å². The molecule has 0 bridgehead atoms. The SMILES string of the molecule is CC(=O)Cc1ccc(C2CCCCC2)cc1. The zero-order valence-corrected chi connectivity index (χ0v) is 10.0.